The quantitative estimate of drug-likeness (QED) is 0.639. The van der Waals surface area contributed by atoms with Crippen LogP contribution in [-0.2, 0) is 12.7 Å². The van der Waals surface area contributed by atoms with Gasteiger partial charge in [0.05, 0.1) is 37.9 Å². The smallest absolute Gasteiger partial charge is 0.417 e. The van der Waals surface area contributed by atoms with Gasteiger partial charge in [-0.05, 0) is 49.4 Å². The molecule has 0 spiro atoms. The fraction of sp³-hybridized carbons (Fsp3) is 0.455. The topological polar surface area (TPSA) is 78.5 Å². The Morgan fingerprint density at radius 3 is 2.41 bits per heavy atom. The Balaban J connectivity index is 1.85. The fourth-order valence-electron chi connectivity index (χ4n) is 4.27. The first kappa shape index (κ1) is 22.2. The number of pyridine rings is 1. The van der Waals surface area contributed by atoms with Crippen molar-refractivity contribution >= 4 is 11.2 Å². The lowest BCUT2D eigenvalue weighted by Crippen LogP contribution is -2.31. The first-order valence-corrected chi connectivity index (χ1v) is 10.3. The number of nitrogens with zero attached hydrogens (tertiary/aromatic N) is 3. The van der Waals surface area contributed by atoms with E-state index in [1.807, 2.05) is 0 Å². The zero-order valence-electron chi connectivity index (χ0n) is 17.7. The van der Waals surface area contributed by atoms with E-state index < -0.39 is 23.5 Å². The van der Waals surface area contributed by atoms with Crippen LogP contribution in [-0.4, -0.2) is 39.5 Å². The highest BCUT2D eigenvalue weighted by atomic mass is 19.4. The normalized spacial score (nSPS) is 19.3. The monoisotopic (exact) mass is 451 g/mol. The molecule has 1 saturated carbocycles. The third-order valence-electron chi connectivity index (χ3n) is 5.95. The summed E-state index contributed by atoms with van der Waals surface area (Å²) in [6.45, 7) is 0.0427. The van der Waals surface area contributed by atoms with Crippen molar-refractivity contribution < 1.29 is 27.8 Å². The van der Waals surface area contributed by atoms with Crippen molar-refractivity contribution in [2.24, 2.45) is 0 Å². The third kappa shape index (κ3) is 4.06. The van der Waals surface area contributed by atoms with Crippen molar-refractivity contribution in [2.45, 2.75) is 50.6 Å². The summed E-state index contributed by atoms with van der Waals surface area (Å²) in [5.41, 5.74) is -0.346. The number of aromatic nitrogens is 3. The van der Waals surface area contributed by atoms with Crippen molar-refractivity contribution in [3.63, 3.8) is 0 Å². The molecule has 3 aromatic rings. The number of benzene rings is 1. The van der Waals surface area contributed by atoms with Crippen molar-refractivity contribution in [1.82, 2.24) is 14.1 Å². The highest BCUT2D eigenvalue weighted by Crippen LogP contribution is 2.34. The number of hydrogen-bond donors (Lipinski definition) is 1. The van der Waals surface area contributed by atoms with Gasteiger partial charge in [-0.15, -0.1) is 0 Å². The largest absolute Gasteiger partial charge is 0.493 e. The lowest BCUT2D eigenvalue weighted by molar-refractivity contribution is -0.137. The van der Waals surface area contributed by atoms with Crippen LogP contribution >= 0.6 is 0 Å². The summed E-state index contributed by atoms with van der Waals surface area (Å²) in [6, 6.07) is 5.84. The van der Waals surface area contributed by atoms with Crippen molar-refractivity contribution in [3.05, 3.63) is 52.1 Å². The number of aliphatic hydroxyl groups excluding tert-OH is 1. The summed E-state index contributed by atoms with van der Waals surface area (Å²) >= 11 is 0. The van der Waals surface area contributed by atoms with E-state index in [0.29, 0.717) is 42.7 Å². The molecule has 0 radical (unpaired) electrons. The van der Waals surface area contributed by atoms with E-state index in [-0.39, 0.29) is 23.8 Å². The molecule has 0 unspecified atom stereocenters. The van der Waals surface area contributed by atoms with Crippen molar-refractivity contribution in [2.75, 3.05) is 14.2 Å². The van der Waals surface area contributed by atoms with Gasteiger partial charge in [-0.1, -0.05) is 6.07 Å². The maximum absolute atomic E-state index is 13.4. The van der Waals surface area contributed by atoms with Crippen molar-refractivity contribution in [3.8, 4) is 11.5 Å². The van der Waals surface area contributed by atoms with Gasteiger partial charge in [-0.3, -0.25) is 9.13 Å². The molecule has 1 aliphatic carbocycles. The Bertz CT molecular complexity index is 1180. The predicted molar refractivity (Wildman–Crippen MR) is 111 cm³/mol. The molecule has 0 saturated heterocycles. The predicted octanol–water partition coefficient (Wildman–Crippen LogP) is 3.76. The number of halogens is 3. The van der Waals surface area contributed by atoms with Gasteiger partial charge in [0.2, 0.25) is 0 Å². The van der Waals surface area contributed by atoms with Gasteiger partial charge in [0, 0.05) is 12.2 Å². The summed E-state index contributed by atoms with van der Waals surface area (Å²) in [7, 11) is 2.98. The fourth-order valence-corrected chi connectivity index (χ4v) is 4.27. The Morgan fingerprint density at radius 1 is 1.09 bits per heavy atom. The van der Waals surface area contributed by atoms with Crippen LogP contribution in [0.2, 0.25) is 0 Å². The molecular formula is C22H24F3N3O4. The van der Waals surface area contributed by atoms with E-state index in [0.717, 1.165) is 12.3 Å². The average molecular weight is 451 g/mol. The van der Waals surface area contributed by atoms with Gasteiger partial charge < -0.3 is 14.6 Å². The molecule has 2 aromatic heterocycles. The van der Waals surface area contributed by atoms with Gasteiger partial charge in [-0.25, -0.2) is 9.78 Å². The van der Waals surface area contributed by atoms with Crippen LogP contribution in [0.25, 0.3) is 11.2 Å². The lowest BCUT2D eigenvalue weighted by Gasteiger charge is -2.26. The number of methoxy groups -OCH3 is 2. The standard InChI is InChI=1S/C22H24F3N3O4/c1-31-18-8-3-13(9-19(18)32-2)12-27-17-10-14(22(23,24)25)11-26-20(17)28(21(27)30)15-4-6-16(29)7-5-15/h3,8-11,15-16,29H,4-7,12H2,1-2H3/t15-,16-. The molecule has 7 nitrogen and oxygen atoms in total. The number of rotatable bonds is 5. The number of ether oxygens (including phenoxy) is 2. The summed E-state index contributed by atoms with van der Waals surface area (Å²) in [6.07, 6.45) is -2.08. The second-order valence-electron chi connectivity index (χ2n) is 7.95. The minimum Gasteiger partial charge on any atom is -0.493 e. The van der Waals surface area contributed by atoms with Crippen LogP contribution in [0.3, 0.4) is 0 Å². The molecule has 0 aliphatic heterocycles. The molecular weight excluding hydrogens is 427 g/mol. The second kappa shape index (κ2) is 8.50. The van der Waals surface area contributed by atoms with Gasteiger partial charge in [-0.2, -0.15) is 13.2 Å². The number of alkyl halides is 3. The molecule has 10 heteroatoms. The average Bonchev–Trinajstić information content (AvgIpc) is 3.04. The van der Waals surface area contributed by atoms with Gasteiger partial charge in [0.15, 0.2) is 17.1 Å². The molecule has 0 atom stereocenters. The molecule has 1 fully saturated rings. The molecule has 4 rings (SSSR count). The Kier molecular flexibility index (Phi) is 5.89. The van der Waals surface area contributed by atoms with E-state index in [1.54, 1.807) is 18.2 Å². The number of aliphatic hydroxyl groups is 1. The maximum Gasteiger partial charge on any atom is 0.417 e. The molecule has 1 aromatic carbocycles. The summed E-state index contributed by atoms with van der Waals surface area (Å²) in [4.78, 5) is 17.4. The van der Waals surface area contributed by atoms with Crippen LogP contribution < -0.4 is 15.2 Å². The lowest BCUT2D eigenvalue weighted by atomic mass is 9.93. The van der Waals surface area contributed by atoms with Crippen LogP contribution in [0.1, 0.15) is 42.9 Å². The zero-order valence-corrected chi connectivity index (χ0v) is 17.7. The van der Waals surface area contributed by atoms with E-state index in [9.17, 15) is 23.1 Å². The first-order valence-electron chi connectivity index (χ1n) is 10.3. The summed E-state index contributed by atoms with van der Waals surface area (Å²) in [5, 5.41) is 9.82. The Hall–Kier alpha value is -3.01. The van der Waals surface area contributed by atoms with Gasteiger partial charge in [0.25, 0.3) is 0 Å². The number of fused-ring (bicyclic) bond motifs is 1. The van der Waals surface area contributed by atoms with Crippen LogP contribution in [0.5, 0.6) is 11.5 Å². The molecule has 1 aliphatic rings. The molecule has 2 heterocycles. The summed E-state index contributed by atoms with van der Waals surface area (Å²) in [5.74, 6) is 0.963. The van der Waals surface area contributed by atoms with E-state index in [4.69, 9.17) is 9.47 Å². The molecule has 172 valence electrons. The number of hydrogen-bond acceptors (Lipinski definition) is 5. The van der Waals surface area contributed by atoms with Crippen LogP contribution in [0.4, 0.5) is 13.2 Å². The van der Waals surface area contributed by atoms with E-state index in [2.05, 4.69) is 4.98 Å². The summed E-state index contributed by atoms with van der Waals surface area (Å²) < 4.78 is 53.4. The maximum atomic E-state index is 13.4. The minimum absolute atomic E-state index is 0.0427. The minimum atomic E-state index is -4.58. The number of imidazole rings is 1. The molecule has 1 N–H and O–H groups in total. The SMILES string of the molecule is COc1ccc(Cn2c(=O)n([C@H]3CC[C@H](O)CC3)c3ncc(C(F)(F)F)cc32)cc1OC. The molecule has 0 bridgehead atoms. The second-order valence-corrected chi connectivity index (χ2v) is 7.95. The van der Waals surface area contributed by atoms with Gasteiger partial charge >= 0.3 is 11.9 Å². The highest BCUT2D eigenvalue weighted by Gasteiger charge is 2.33. The van der Waals surface area contributed by atoms with Crippen LogP contribution in [0, 0.1) is 0 Å². The first-order chi connectivity index (χ1) is 15.2. The molecule has 32 heavy (non-hydrogen) atoms. The Morgan fingerprint density at radius 2 is 1.78 bits per heavy atom. The zero-order chi connectivity index (χ0) is 23.0. The third-order valence-corrected chi connectivity index (χ3v) is 5.95. The van der Waals surface area contributed by atoms with Gasteiger partial charge in [0.1, 0.15) is 0 Å². The highest BCUT2D eigenvalue weighted by molar-refractivity contribution is 5.73. The Labute approximate surface area is 182 Å². The van der Waals surface area contributed by atoms with E-state index >= 15 is 0 Å². The molecule has 0 amide bonds. The van der Waals surface area contributed by atoms with E-state index in [1.165, 1.54) is 23.4 Å². The van der Waals surface area contributed by atoms with Crippen molar-refractivity contribution in [1.29, 1.82) is 0 Å². The van der Waals surface area contributed by atoms with Crippen LogP contribution in [0.15, 0.2) is 35.3 Å².